The topological polar surface area (TPSA) is 58.6 Å². The van der Waals surface area contributed by atoms with Crippen molar-refractivity contribution in [2.75, 3.05) is 13.2 Å². The molecule has 5 nitrogen and oxygen atoms in total. The van der Waals surface area contributed by atoms with Gasteiger partial charge >= 0.3 is 0 Å². The molecule has 0 bridgehead atoms. The molecular weight excluding hydrogens is 376 g/mol. The van der Waals surface area contributed by atoms with E-state index in [9.17, 15) is 9.59 Å². The summed E-state index contributed by atoms with van der Waals surface area (Å²) in [4.78, 5) is 27.1. The highest BCUT2D eigenvalue weighted by Crippen LogP contribution is 2.21. The molecule has 1 unspecified atom stereocenters. The molecule has 0 spiro atoms. The fourth-order valence-corrected chi connectivity index (χ4v) is 3.04. The first kappa shape index (κ1) is 21.8. The van der Waals surface area contributed by atoms with E-state index >= 15 is 0 Å². The average Bonchev–Trinajstić information content (AvgIpc) is 2.69. The molecule has 2 aromatic carbocycles. The van der Waals surface area contributed by atoms with Gasteiger partial charge < -0.3 is 15.0 Å². The maximum atomic E-state index is 13.0. The van der Waals surface area contributed by atoms with Gasteiger partial charge in [-0.2, -0.15) is 0 Å². The largest absolute Gasteiger partial charge is 0.484 e. The van der Waals surface area contributed by atoms with Crippen LogP contribution in [0, 0.1) is 6.92 Å². The van der Waals surface area contributed by atoms with Crippen LogP contribution in [-0.2, 0) is 16.1 Å². The molecule has 150 valence electrons. The zero-order valence-corrected chi connectivity index (χ0v) is 17.3. The quantitative estimate of drug-likeness (QED) is 0.690. The van der Waals surface area contributed by atoms with E-state index in [1.54, 1.807) is 23.1 Å². The molecule has 1 N–H and O–H groups in total. The third-order valence-corrected chi connectivity index (χ3v) is 4.85. The number of hydrogen-bond donors (Lipinski definition) is 1. The van der Waals surface area contributed by atoms with Gasteiger partial charge in [0.1, 0.15) is 11.8 Å². The lowest BCUT2D eigenvalue weighted by Gasteiger charge is -2.30. The number of hydrogen-bond acceptors (Lipinski definition) is 3. The summed E-state index contributed by atoms with van der Waals surface area (Å²) in [6.45, 7) is 6.35. The lowest BCUT2D eigenvalue weighted by atomic mass is 10.1. The minimum Gasteiger partial charge on any atom is -0.484 e. The summed E-state index contributed by atoms with van der Waals surface area (Å²) in [5, 5.41) is 3.46. The van der Waals surface area contributed by atoms with Gasteiger partial charge in [-0.25, -0.2) is 0 Å². The Bertz CT molecular complexity index is 796. The van der Waals surface area contributed by atoms with Crippen LogP contribution < -0.4 is 10.1 Å². The molecule has 2 rings (SSSR count). The van der Waals surface area contributed by atoms with Gasteiger partial charge in [-0.3, -0.25) is 9.59 Å². The lowest BCUT2D eigenvalue weighted by molar-refractivity contribution is -0.142. The van der Waals surface area contributed by atoms with Crippen LogP contribution in [0.2, 0.25) is 5.02 Å². The number of carbonyl (C=O) groups excluding carboxylic acids is 2. The van der Waals surface area contributed by atoms with Crippen molar-refractivity contribution in [1.29, 1.82) is 0 Å². The van der Waals surface area contributed by atoms with Gasteiger partial charge in [-0.05, 0) is 49.6 Å². The normalized spacial score (nSPS) is 11.6. The molecule has 0 aromatic heterocycles. The number of carbonyl (C=O) groups is 2. The minimum atomic E-state index is -0.553. The number of nitrogens with zero attached hydrogens (tertiary/aromatic N) is 1. The molecule has 0 heterocycles. The molecule has 0 aliphatic heterocycles. The summed E-state index contributed by atoms with van der Waals surface area (Å²) >= 11 is 6.03. The van der Waals surface area contributed by atoms with Crippen molar-refractivity contribution < 1.29 is 14.3 Å². The molecule has 0 saturated heterocycles. The molecule has 0 aliphatic carbocycles. The first-order valence-electron chi connectivity index (χ1n) is 9.46. The van der Waals surface area contributed by atoms with Crippen molar-refractivity contribution in [1.82, 2.24) is 10.2 Å². The average molecular weight is 403 g/mol. The third-order valence-electron chi connectivity index (χ3n) is 4.42. The standard InChI is InChI=1S/C22H27ClN2O3/c1-4-20(22(27)24-5-2)25(14-17-9-7-6-8-10-17)21(26)15-28-18-11-12-19(23)16(3)13-18/h6-13,20H,4-5,14-15H2,1-3H3,(H,24,27). The summed E-state index contributed by atoms with van der Waals surface area (Å²) in [6, 6.07) is 14.3. The highest BCUT2D eigenvalue weighted by molar-refractivity contribution is 6.31. The molecule has 6 heteroatoms. The fourth-order valence-electron chi connectivity index (χ4n) is 2.93. The summed E-state index contributed by atoms with van der Waals surface area (Å²) in [6.07, 6.45) is 0.518. The van der Waals surface area contributed by atoms with Crippen LogP contribution in [0.4, 0.5) is 0 Å². The molecule has 0 aliphatic rings. The molecule has 28 heavy (non-hydrogen) atoms. The van der Waals surface area contributed by atoms with Crippen molar-refractivity contribution in [2.24, 2.45) is 0 Å². The van der Waals surface area contributed by atoms with Crippen molar-refractivity contribution >= 4 is 23.4 Å². The predicted molar refractivity (Wildman–Crippen MR) is 111 cm³/mol. The third kappa shape index (κ3) is 5.99. The Kier molecular flexibility index (Phi) is 8.33. The van der Waals surface area contributed by atoms with Crippen LogP contribution in [0.3, 0.4) is 0 Å². The van der Waals surface area contributed by atoms with E-state index in [1.807, 2.05) is 51.1 Å². The van der Waals surface area contributed by atoms with E-state index in [-0.39, 0.29) is 18.4 Å². The van der Waals surface area contributed by atoms with Gasteiger partial charge in [0.25, 0.3) is 5.91 Å². The van der Waals surface area contributed by atoms with Gasteiger partial charge in [0.05, 0.1) is 0 Å². The number of halogens is 1. The maximum Gasteiger partial charge on any atom is 0.261 e. The number of aryl methyl sites for hydroxylation is 1. The van der Waals surface area contributed by atoms with Crippen LogP contribution in [0.15, 0.2) is 48.5 Å². The molecular formula is C22H27ClN2O3. The molecule has 2 aromatic rings. The Morgan fingerprint density at radius 1 is 1.14 bits per heavy atom. The van der Waals surface area contributed by atoms with E-state index in [4.69, 9.17) is 16.3 Å². The van der Waals surface area contributed by atoms with E-state index in [0.717, 1.165) is 11.1 Å². The summed E-state index contributed by atoms with van der Waals surface area (Å²) in [7, 11) is 0. The number of ether oxygens (including phenoxy) is 1. The zero-order chi connectivity index (χ0) is 20.5. The van der Waals surface area contributed by atoms with Gasteiger partial charge in [0.15, 0.2) is 6.61 Å². The molecule has 0 saturated carbocycles. The van der Waals surface area contributed by atoms with Gasteiger partial charge in [-0.15, -0.1) is 0 Å². The van der Waals surface area contributed by atoms with Crippen molar-refractivity contribution in [3.05, 3.63) is 64.7 Å². The van der Waals surface area contributed by atoms with Crippen molar-refractivity contribution in [2.45, 2.75) is 39.8 Å². The molecule has 2 amide bonds. The van der Waals surface area contributed by atoms with Gasteiger partial charge in [0, 0.05) is 18.1 Å². The second-order valence-electron chi connectivity index (χ2n) is 6.53. The first-order chi connectivity index (χ1) is 13.5. The van der Waals surface area contributed by atoms with Crippen LogP contribution in [-0.4, -0.2) is 35.9 Å². The predicted octanol–water partition coefficient (Wildman–Crippen LogP) is 3.97. The van der Waals surface area contributed by atoms with Crippen LogP contribution >= 0.6 is 11.6 Å². The molecule has 0 radical (unpaired) electrons. The highest BCUT2D eigenvalue weighted by Gasteiger charge is 2.28. The van der Waals surface area contributed by atoms with E-state index in [1.165, 1.54) is 0 Å². The smallest absolute Gasteiger partial charge is 0.261 e. The number of nitrogens with one attached hydrogen (secondary N) is 1. The fraction of sp³-hybridized carbons (Fsp3) is 0.364. The number of likely N-dealkylation sites (N-methyl/N-ethyl adjacent to an activating group) is 1. The summed E-state index contributed by atoms with van der Waals surface area (Å²) in [5.41, 5.74) is 1.84. The van der Waals surface area contributed by atoms with Crippen LogP contribution in [0.5, 0.6) is 5.75 Å². The SMILES string of the molecule is CCNC(=O)C(CC)N(Cc1ccccc1)C(=O)COc1ccc(Cl)c(C)c1. The number of rotatable bonds is 9. The minimum absolute atomic E-state index is 0.149. The lowest BCUT2D eigenvalue weighted by Crippen LogP contribution is -2.50. The Morgan fingerprint density at radius 2 is 1.86 bits per heavy atom. The number of amides is 2. The molecule has 1 atom stereocenters. The van der Waals surface area contributed by atoms with E-state index in [0.29, 0.717) is 30.3 Å². The zero-order valence-electron chi connectivity index (χ0n) is 16.6. The monoisotopic (exact) mass is 402 g/mol. The first-order valence-corrected chi connectivity index (χ1v) is 9.84. The Balaban J connectivity index is 2.17. The summed E-state index contributed by atoms with van der Waals surface area (Å²) < 4.78 is 5.68. The Morgan fingerprint density at radius 3 is 2.46 bits per heavy atom. The summed E-state index contributed by atoms with van der Waals surface area (Å²) in [5.74, 6) is 0.173. The molecule has 0 fully saturated rings. The number of benzene rings is 2. The van der Waals surface area contributed by atoms with Gasteiger partial charge in [-0.1, -0.05) is 48.9 Å². The second kappa shape index (κ2) is 10.7. The van der Waals surface area contributed by atoms with Crippen molar-refractivity contribution in [3.63, 3.8) is 0 Å². The maximum absolute atomic E-state index is 13.0. The second-order valence-corrected chi connectivity index (χ2v) is 6.93. The Hall–Kier alpha value is -2.53. The van der Waals surface area contributed by atoms with Crippen molar-refractivity contribution in [3.8, 4) is 5.75 Å². The Labute approximate surface area is 171 Å². The van der Waals surface area contributed by atoms with E-state index < -0.39 is 6.04 Å². The van der Waals surface area contributed by atoms with Crippen LogP contribution in [0.25, 0.3) is 0 Å². The van der Waals surface area contributed by atoms with Crippen LogP contribution in [0.1, 0.15) is 31.4 Å². The van der Waals surface area contributed by atoms with E-state index in [2.05, 4.69) is 5.32 Å². The van der Waals surface area contributed by atoms with Gasteiger partial charge in [0.2, 0.25) is 5.91 Å². The highest BCUT2D eigenvalue weighted by atomic mass is 35.5.